The van der Waals surface area contributed by atoms with Gasteiger partial charge in [0.1, 0.15) is 0 Å². The molecule has 11 heteroatoms. The molecule has 2 aliphatic heterocycles. The third kappa shape index (κ3) is 3.94. The van der Waals surface area contributed by atoms with Gasteiger partial charge >= 0.3 is 0 Å². The number of hydrogen-bond donors (Lipinski definition) is 0. The molecule has 0 N–H and O–H groups in total. The molecule has 3 heterocycles. The molecule has 0 radical (unpaired) electrons. The van der Waals surface area contributed by atoms with Crippen LogP contribution in [0.25, 0.3) is 0 Å². The van der Waals surface area contributed by atoms with E-state index in [4.69, 9.17) is 0 Å². The predicted octanol–water partition coefficient (Wildman–Crippen LogP) is 1.80. The van der Waals surface area contributed by atoms with Crippen LogP contribution in [0.4, 0.5) is 17.3 Å². The summed E-state index contributed by atoms with van der Waals surface area (Å²) in [7, 11) is -3.81. The molecule has 1 aromatic carbocycles. The first-order valence-electron chi connectivity index (χ1n) is 9.95. The molecular weight excluding hydrogens is 408 g/mol. The van der Waals surface area contributed by atoms with E-state index in [1.807, 2.05) is 17.0 Å². The number of hydrogen-bond acceptors (Lipinski definition) is 8. The van der Waals surface area contributed by atoms with E-state index in [9.17, 15) is 18.5 Å². The van der Waals surface area contributed by atoms with Crippen molar-refractivity contribution in [3.8, 4) is 0 Å². The lowest BCUT2D eigenvalue weighted by molar-refractivity contribution is -0.385. The van der Waals surface area contributed by atoms with Crippen molar-refractivity contribution in [3.63, 3.8) is 0 Å². The molecule has 2 saturated heterocycles. The maximum Gasteiger partial charge on any atom is 0.270 e. The number of non-ortho nitro benzene ring substituents is 1. The highest BCUT2D eigenvalue weighted by molar-refractivity contribution is 7.89. The molecule has 160 valence electrons. The summed E-state index contributed by atoms with van der Waals surface area (Å²) in [6, 6.07) is 7.81. The number of benzene rings is 1. The van der Waals surface area contributed by atoms with E-state index in [-0.39, 0.29) is 23.7 Å². The zero-order chi connectivity index (χ0) is 21.3. The average Bonchev–Trinajstić information content (AvgIpc) is 3.29. The van der Waals surface area contributed by atoms with Gasteiger partial charge in [-0.1, -0.05) is 6.07 Å². The summed E-state index contributed by atoms with van der Waals surface area (Å²) < 4.78 is 27.5. The first kappa shape index (κ1) is 20.5. The quantitative estimate of drug-likeness (QED) is 0.519. The van der Waals surface area contributed by atoms with Crippen LogP contribution in [-0.4, -0.2) is 67.1 Å². The number of aromatic nitrogens is 2. The van der Waals surface area contributed by atoms with Crippen molar-refractivity contribution < 1.29 is 13.3 Å². The van der Waals surface area contributed by atoms with E-state index in [2.05, 4.69) is 15.1 Å². The largest absolute Gasteiger partial charge is 0.355 e. The highest BCUT2D eigenvalue weighted by Crippen LogP contribution is 2.26. The molecule has 0 aliphatic carbocycles. The van der Waals surface area contributed by atoms with Gasteiger partial charge in [0.2, 0.25) is 10.0 Å². The summed E-state index contributed by atoms with van der Waals surface area (Å²) in [6.07, 6.45) is 2.34. The summed E-state index contributed by atoms with van der Waals surface area (Å²) in [6.45, 7) is 5.16. The lowest BCUT2D eigenvalue weighted by Crippen LogP contribution is -2.49. The maximum absolute atomic E-state index is 13.1. The zero-order valence-corrected chi connectivity index (χ0v) is 17.6. The molecule has 0 bridgehead atoms. The molecular formula is C19H24N6O4S. The second kappa shape index (κ2) is 8.15. The highest BCUT2D eigenvalue weighted by atomic mass is 32.2. The topological polar surface area (TPSA) is 113 Å². The second-order valence-electron chi connectivity index (χ2n) is 7.54. The zero-order valence-electron chi connectivity index (χ0n) is 16.8. The van der Waals surface area contributed by atoms with Gasteiger partial charge in [-0.3, -0.25) is 10.1 Å². The van der Waals surface area contributed by atoms with Crippen LogP contribution in [0.3, 0.4) is 0 Å². The first-order chi connectivity index (χ1) is 14.4. The third-order valence-electron chi connectivity index (χ3n) is 5.63. The smallest absolute Gasteiger partial charge is 0.270 e. The Labute approximate surface area is 175 Å². The van der Waals surface area contributed by atoms with Crippen LogP contribution in [-0.2, 0) is 10.0 Å². The van der Waals surface area contributed by atoms with Crippen molar-refractivity contribution in [2.45, 2.75) is 24.7 Å². The molecule has 30 heavy (non-hydrogen) atoms. The Morgan fingerprint density at radius 2 is 1.47 bits per heavy atom. The van der Waals surface area contributed by atoms with E-state index in [1.54, 1.807) is 6.92 Å². The highest BCUT2D eigenvalue weighted by Gasteiger charge is 2.31. The Kier molecular flexibility index (Phi) is 5.56. The molecule has 0 saturated carbocycles. The van der Waals surface area contributed by atoms with Crippen molar-refractivity contribution >= 4 is 27.3 Å². The SMILES string of the molecule is Cc1ccc([N+](=O)[O-])cc1S(=O)(=O)N1CCN(c2ccc(N3CCCC3)nn2)CC1. The lowest BCUT2D eigenvalue weighted by atomic mass is 10.2. The number of nitro benzene ring substituents is 1. The number of rotatable bonds is 5. The summed E-state index contributed by atoms with van der Waals surface area (Å²) in [5.41, 5.74) is 0.262. The van der Waals surface area contributed by atoms with Crippen LogP contribution in [0.2, 0.25) is 0 Å². The average molecular weight is 433 g/mol. The molecule has 2 fully saturated rings. The Morgan fingerprint density at radius 3 is 2.00 bits per heavy atom. The summed E-state index contributed by atoms with van der Waals surface area (Å²) in [5.74, 6) is 1.60. The van der Waals surface area contributed by atoms with Crippen LogP contribution in [0.5, 0.6) is 0 Å². The van der Waals surface area contributed by atoms with Gasteiger partial charge in [-0.05, 0) is 37.5 Å². The van der Waals surface area contributed by atoms with E-state index < -0.39 is 14.9 Å². The van der Waals surface area contributed by atoms with E-state index in [1.165, 1.54) is 29.3 Å². The number of aryl methyl sites for hydroxylation is 1. The van der Waals surface area contributed by atoms with Gasteiger partial charge in [-0.2, -0.15) is 4.31 Å². The Morgan fingerprint density at radius 1 is 0.900 bits per heavy atom. The fraction of sp³-hybridized carbons (Fsp3) is 0.474. The summed E-state index contributed by atoms with van der Waals surface area (Å²) >= 11 is 0. The predicted molar refractivity (Wildman–Crippen MR) is 112 cm³/mol. The first-order valence-corrected chi connectivity index (χ1v) is 11.4. The van der Waals surface area contributed by atoms with Gasteiger partial charge in [0.15, 0.2) is 11.6 Å². The Bertz CT molecular complexity index is 1030. The lowest BCUT2D eigenvalue weighted by Gasteiger charge is -2.34. The minimum atomic E-state index is -3.81. The summed E-state index contributed by atoms with van der Waals surface area (Å²) in [5, 5.41) is 19.7. The molecule has 0 amide bonds. The van der Waals surface area contributed by atoms with Gasteiger partial charge in [0.25, 0.3) is 5.69 Å². The fourth-order valence-electron chi connectivity index (χ4n) is 3.88. The van der Waals surface area contributed by atoms with Gasteiger partial charge < -0.3 is 9.80 Å². The Balaban J connectivity index is 1.45. The van der Waals surface area contributed by atoms with Crippen molar-refractivity contribution in [1.82, 2.24) is 14.5 Å². The molecule has 0 unspecified atom stereocenters. The van der Waals surface area contributed by atoms with Gasteiger partial charge in [0, 0.05) is 51.4 Å². The van der Waals surface area contributed by atoms with Gasteiger partial charge in [-0.25, -0.2) is 8.42 Å². The standard InChI is InChI=1S/C19H24N6O4S/c1-15-4-5-16(25(26)27)14-17(15)30(28,29)24-12-10-23(11-13-24)19-7-6-18(20-21-19)22-8-2-3-9-22/h4-7,14H,2-3,8-13H2,1H3. The number of anilines is 2. The fourth-order valence-corrected chi connectivity index (χ4v) is 5.55. The molecule has 2 aliphatic rings. The monoisotopic (exact) mass is 432 g/mol. The van der Waals surface area contributed by atoms with E-state index in [0.29, 0.717) is 18.7 Å². The second-order valence-corrected chi connectivity index (χ2v) is 9.45. The number of nitrogens with zero attached hydrogens (tertiary/aromatic N) is 6. The van der Waals surface area contributed by atoms with Crippen molar-refractivity contribution in [3.05, 3.63) is 46.0 Å². The maximum atomic E-state index is 13.1. The minimum absolute atomic E-state index is 0.0140. The Hall–Kier alpha value is -2.79. The van der Waals surface area contributed by atoms with E-state index >= 15 is 0 Å². The summed E-state index contributed by atoms with van der Waals surface area (Å²) in [4.78, 5) is 14.7. The van der Waals surface area contributed by atoms with Gasteiger partial charge in [0.05, 0.1) is 9.82 Å². The number of sulfonamides is 1. The van der Waals surface area contributed by atoms with Crippen molar-refractivity contribution in [2.75, 3.05) is 49.1 Å². The normalized spacial score (nSPS) is 18.0. The van der Waals surface area contributed by atoms with Crippen LogP contribution in [0, 0.1) is 17.0 Å². The molecule has 2 aromatic rings. The van der Waals surface area contributed by atoms with Crippen LogP contribution in [0.15, 0.2) is 35.2 Å². The molecule has 0 atom stereocenters. The van der Waals surface area contributed by atoms with Crippen LogP contribution >= 0.6 is 0 Å². The van der Waals surface area contributed by atoms with Crippen LogP contribution < -0.4 is 9.80 Å². The third-order valence-corrected chi connectivity index (χ3v) is 7.67. The molecule has 1 aromatic heterocycles. The number of piperazine rings is 1. The molecule has 0 spiro atoms. The minimum Gasteiger partial charge on any atom is -0.355 e. The van der Waals surface area contributed by atoms with Gasteiger partial charge in [-0.15, -0.1) is 10.2 Å². The molecule has 10 nitrogen and oxygen atoms in total. The van der Waals surface area contributed by atoms with Crippen molar-refractivity contribution in [2.24, 2.45) is 0 Å². The number of nitro groups is 1. The van der Waals surface area contributed by atoms with Crippen LogP contribution in [0.1, 0.15) is 18.4 Å². The molecule has 4 rings (SSSR count). The van der Waals surface area contributed by atoms with Crippen molar-refractivity contribution in [1.29, 1.82) is 0 Å². The van der Waals surface area contributed by atoms with E-state index in [0.717, 1.165) is 30.8 Å².